The average molecular weight is 456 g/mol. The van der Waals surface area contributed by atoms with Gasteiger partial charge in [-0.3, -0.25) is 14.6 Å². The number of amides is 1. The summed E-state index contributed by atoms with van der Waals surface area (Å²) in [5, 5.41) is 11.4. The quantitative estimate of drug-likeness (QED) is 0.366. The number of pyridine rings is 1. The molecule has 3 heterocycles. The van der Waals surface area contributed by atoms with Gasteiger partial charge in [0.2, 0.25) is 0 Å². The van der Waals surface area contributed by atoms with Crippen molar-refractivity contribution >= 4 is 23.1 Å². The number of anilines is 1. The lowest BCUT2D eigenvalue weighted by Gasteiger charge is -2.28. The first-order chi connectivity index (χ1) is 16.4. The van der Waals surface area contributed by atoms with Gasteiger partial charge in [-0.2, -0.15) is 0 Å². The summed E-state index contributed by atoms with van der Waals surface area (Å²) in [5.41, 5.74) is 4.00. The first kappa shape index (κ1) is 21.7. The van der Waals surface area contributed by atoms with E-state index >= 15 is 0 Å². The fourth-order valence-electron chi connectivity index (χ4n) is 4.57. The van der Waals surface area contributed by atoms with E-state index in [2.05, 4.69) is 4.98 Å². The zero-order valence-electron chi connectivity index (χ0n) is 19.1. The largest absolute Gasteiger partial charge is 0.507 e. The van der Waals surface area contributed by atoms with Crippen LogP contribution in [0.15, 0.2) is 72.6 Å². The van der Waals surface area contributed by atoms with Gasteiger partial charge in [-0.1, -0.05) is 29.8 Å². The summed E-state index contributed by atoms with van der Waals surface area (Å²) in [6, 6.07) is 15.9. The molecule has 1 unspecified atom stereocenters. The Kier molecular flexibility index (Phi) is 5.53. The van der Waals surface area contributed by atoms with Crippen molar-refractivity contribution in [3.05, 3.63) is 94.8 Å². The number of hydrogen-bond acceptors (Lipinski definition) is 6. The Labute approximate surface area is 197 Å². The standard InChI is InChI=1S/C27H25N3O4/c1-17-4-3-5-19(14-17)24-23(26(32)27(33)30(24)16-18-8-10-28-11-9-18)25(31)20-6-7-22-21(15-20)29(2)12-13-34-22/h3-11,14-15,24,31H,12-13,16H2,1-2H3/b25-23-. The van der Waals surface area contributed by atoms with Crippen LogP contribution in [-0.4, -0.2) is 46.9 Å². The normalized spacial score (nSPS) is 19.2. The van der Waals surface area contributed by atoms with Crippen LogP contribution in [-0.2, 0) is 16.1 Å². The Hall–Kier alpha value is -4.13. The van der Waals surface area contributed by atoms with Gasteiger partial charge in [-0.15, -0.1) is 0 Å². The number of nitrogens with zero attached hydrogens (tertiary/aromatic N) is 3. The number of aryl methyl sites for hydroxylation is 1. The van der Waals surface area contributed by atoms with Gasteiger partial charge in [-0.25, -0.2) is 0 Å². The molecule has 7 heteroatoms. The van der Waals surface area contributed by atoms with Crippen LogP contribution < -0.4 is 9.64 Å². The van der Waals surface area contributed by atoms with Gasteiger partial charge in [0.1, 0.15) is 18.1 Å². The monoisotopic (exact) mass is 455 g/mol. The van der Waals surface area contributed by atoms with E-state index in [1.165, 1.54) is 4.90 Å². The van der Waals surface area contributed by atoms with Crippen LogP contribution in [0.3, 0.4) is 0 Å². The second-order valence-electron chi connectivity index (χ2n) is 8.65. The SMILES string of the molecule is Cc1cccc(C2/C(=C(/O)c3ccc4c(c3)N(C)CCO4)C(=O)C(=O)N2Cc2ccncc2)c1. The maximum absolute atomic E-state index is 13.3. The Morgan fingerprint density at radius 2 is 1.91 bits per heavy atom. The number of likely N-dealkylation sites (N-methyl/N-ethyl adjacent to an activating group) is 1. The highest BCUT2D eigenvalue weighted by Crippen LogP contribution is 2.42. The molecule has 2 aromatic carbocycles. The summed E-state index contributed by atoms with van der Waals surface area (Å²) in [4.78, 5) is 34.1. The molecule has 2 aliphatic heterocycles. The third kappa shape index (κ3) is 3.79. The molecule has 1 atom stereocenters. The number of fused-ring (bicyclic) bond motifs is 1. The van der Waals surface area contributed by atoms with E-state index in [-0.39, 0.29) is 17.9 Å². The van der Waals surface area contributed by atoms with Crippen molar-refractivity contribution in [2.75, 3.05) is 25.1 Å². The molecule has 5 rings (SSSR count). The minimum Gasteiger partial charge on any atom is -0.507 e. The van der Waals surface area contributed by atoms with Crippen molar-refractivity contribution in [3.8, 4) is 5.75 Å². The molecular weight excluding hydrogens is 430 g/mol. The van der Waals surface area contributed by atoms with Gasteiger partial charge >= 0.3 is 0 Å². The van der Waals surface area contributed by atoms with E-state index in [1.807, 2.05) is 55.3 Å². The number of Topliss-reactive ketones (excluding diaryl/α,β-unsaturated/α-hetero) is 1. The molecule has 1 amide bonds. The molecule has 1 aromatic heterocycles. The predicted octanol–water partition coefficient (Wildman–Crippen LogP) is 3.84. The van der Waals surface area contributed by atoms with Gasteiger partial charge in [0.05, 0.1) is 23.8 Å². The number of aliphatic hydroxyl groups excluding tert-OH is 1. The molecule has 1 N–H and O–H groups in total. The number of aromatic nitrogens is 1. The number of carbonyl (C=O) groups excluding carboxylic acids is 2. The fraction of sp³-hybridized carbons (Fsp3) is 0.222. The molecule has 1 fully saturated rings. The van der Waals surface area contributed by atoms with Gasteiger partial charge in [0.25, 0.3) is 11.7 Å². The molecule has 0 saturated carbocycles. The van der Waals surface area contributed by atoms with Crippen LogP contribution in [0, 0.1) is 6.92 Å². The zero-order chi connectivity index (χ0) is 23.8. The van der Waals surface area contributed by atoms with Crippen LogP contribution >= 0.6 is 0 Å². The lowest BCUT2D eigenvalue weighted by atomic mass is 9.94. The molecule has 1 saturated heterocycles. The average Bonchev–Trinajstić information content (AvgIpc) is 3.09. The van der Waals surface area contributed by atoms with E-state index in [9.17, 15) is 14.7 Å². The molecule has 0 bridgehead atoms. The van der Waals surface area contributed by atoms with E-state index in [0.717, 1.165) is 34.7 Å². The Morgan fingerprint density at radius 3 is 2.68 bits per heavy atom. The van der Waals surface area contributed by atoms with E-state index in [0.29, 0.717) is 12.2 Å². The van der Waals surface area contributed by atoms with Crippen molar-refractivity contribution in [3.63, 3.8) is 0 Å². The van der Waals surface area contributed by atoms with Crippen LogP contribution in [0.1, 0.15) is 28.3 Å². The second-order valence-corrected chi connectivity index (χ2v) is 8.65. The lowest BCUT2D eigenvalue weighted by molar-refractivity contribution is -0.140. The third-order valence-corrected chi connectivity index (χ3v) is 6.33. The number of ether oxygens (including phenoxy) is 1. The molecule has 34 heavy (non-hydrogen) atoms. The number of carbonyl (C=O) groups is 2. The number of benzene rings is 2. The first-order valence-electron chi connectivity index (χ1n) is 11.2. The van der Waals surface area contributed by atoms with E-state index in [1.54, 1.807) is 30.6 Å². The Morgan fingerprint density at radius 1 is 1.12 bits per heavy atom. The molecule has 3 aromatic rings. The van der Waals surface area contributed by atoms with Crippen molar-refractivity contribution in [2.24, 2.45) is 0 Å². The number of aliphatic hydroxyl groups is 1. The molecule has 7 nitrogen and oxygen atoms in total. The summed E-state index contributed by atoms with van der Waals surface area (Å²) in [6.07, 6.45) is 3.30. The summed E-state index contributed by atoms with van der Waals surface area (Å²) in [7, 11) is 1.95. The molecular formula is C27H25N3O4. The minimum atomic E-state index is -0.710. The Bertz CT molecular complexity index is 1300. The maximum atomic E-state index is 13.3. The number of ketones is 1. The van der Waals surface area contributed by atoms with Gasteiger partial charge in [-0.05, 0) is 48.4 Å². The fourth-order valence-corrected chi connectivity index (χ4v) is 4.57. The summed E-state index contributed by atoms with van der Waals surface area (Å²) in [6.45, 7) is 3.49. The first-order valence-corrected chi connectivity index (χ1v) is 11.2. The summed E-state index contributed by atoms with van der Waals surface area (Å²) in [5.74, 6) is -0.800. The maximum Gasteiger partial charge on any atom is 0.295 e. The van der Waals surface area contributed by atoms with Crippen molar-refractivity contribution in [2.45, 2.75) is 19.5 Å². The zero-order valence-corrected chi connectivity index (χ0v) is 19.1. The topological polar surface area (TPSA) is 83.0 Å². The molecule has 0 radical (unpaired) electrons. The molecule has 0 spiro atoms. The highest BCUT2D eigenvalue weighted by molar-refractivity contribution is 6.46. The Balaban J connectivity index is 1.65. The van der Waals surface area contributed by atoms with Crippen LogP contribution in [0.2, 0.25) is 0 Å². The smallest absolute Gasteiger partial charge is 0.295 e. The lowest BCUT2D eigenvalue weighted by Crippen LogP contribution is -2.29. The molecule has 0 aliphatic carbocycles. The highest BCUT2D eigenvalue weighted by Gasteiger charge is 2.46. The van der Waals surface area contributed by atoms with Gasteiger partial charge in [0.15, 0.2) is 0 Å². The highest BCUT2D eigenvalue weighted by atomic mass is 16.5. The predicted molar refractivity (Wildman–Crippen MR) is 128 cm³/mol. The van der Waals surface area contributed by atoms with Crippen molar-refractivity contribution < 1.29 is 19.4 Å². The number of likely N-dealkylation sites (tertiary alicyclic amines) is 1. The minimum absolute atomic E-state index is 0.0870. The molecule has 172 valence electrons. The van der Waals surface area contributed by atoms with Gasteiger partial charge < -0.3 is 19.6 Å². The van der Waals surface area contributed by atoms with Crippen LogP contribution in [0.5, 0.6) is 5.75 Å². The van der Waals surface area contributed by atoms with E-state index < -0.39 is 17.7 Å². The molecule has 2 aliphatic rings. The second kappa shape index (κ2) is 8.67. The van der Waals surface area contributed by atoms with Crippen LogP contribution in [0.4, 0.5) is 5.69 Å². The summed E-state index contributed by atoms with van der Waals surface area (Å²) >= 11 is 0. The van der Waals surface area contributed by atoms with Crippen LogP contribution in [0.25, 0.3) is 5.76 Å². The summed E-state index contributed by atoms with van der Waals surface area (Å²) < 4.78 is 5.71. The number of rotatable bonds is 4. The third-order valence-electron chi connectivity index (χ3n) is 6.33. The number of hydrogen-bond donors (Lipinski definition) is 1. The van der Waals surface area contributed by atoms with Crippen molar-refractivity contribution in [1.82, 2.24) is 9.88 Å². The van der Waals surface area contributed by atoms with E-state index in [4.69, 9.17) is 4.74 Å². The van der Waals surface area contributed by atoms with Gasteiger partial charge in [0, 0.05) is 31.5 Å². The van der Waals surface area contributed by atoms with Crippen molar-refractivity contribution in [1.29, 1.82) is 0 Å².